The number of furan rings is 1. The lowest BCUT2D eigenvalue weighted by Crippen LogP contribution is -2.21. The Morgan fingerprint density at radius 2 is 0.844 bits per heavy atom. The normalized spacial score (nSPS) is 13.9. The lowest BCUT2D eigenvalue weighted by atomic mass is 9.88. The van der Waals surface area contributed by atoms with Crippen molar-refractivity contribution in [3.63, 3.8) is 0 Å². The summed E-state index contributed by atoms with van der Waals surface area (Å²) in [6.45, 7) is 0. The maximum atomic E-state index is 7.18. The van der Waals surface area contributed by atoms with E-state index in [9.17, 15) is 0 Å². The number of benzene rings is 20. The fourth-order valence-electron chi connectivity index (χ4n) is 20.5. The van der Waals surface area contributed by atoms with E-state index in [-0.39, 0.29) is 0 Å². The minimum atomic E-state index is -0.397. The van der Waals surface area contributed by atoms with Gasteiger partial charge in [0.15, 0.2) is 0 Å². The van der Waals surface area contributed by atoms with Crippen LogP contribution in [0.2, 0.25) is 0 Å². The summed E-state index contributed by atoms with van der Waals surface area (Å²) in [7, 11) is 0. The van der Waals surface area contributed by atoms with Crippen molar-refractivity contribution in [2.75, 3.05) is 0 Å². The van der Waals surface area contributed by atoms with E-state index in [4.69, 9.17) is 25.1 Å². The van der Waals surface area contributed by atoms with Crippen molar-refractivity contribution in [1.82, 2.24) is 23.7 Å². The summed E-state index contributed by atoms with van der Waals surface area (Å²) in [5.74, 6) is 0.594. The maximum Gasteiger partial charge on any atom is 0.235 e. The molecule has 8 heteroatoms. The summed E-state index contributed by atoms with van der Waals surface area (Å²) in [6.07, 6.45) is 10.3. The highest BCUT2D eigenvalue weighted by molar-refractivity contribution is 6.40. The van der Waals surface area contributed by atoms with Gasteiger partial charge in [0.25, 0.3) is 0 Å². The van der Waals surface area contributed by atoms with Crippen molar-refractivity contribution in [2.24, 2.45) is 10.7 Å². The fraction of sp³-hybridized carbons (Fsp3) is 0.00877. The Morgan fingerprint density at radius 1 is 0.320 bits per heavy atom. The molecule has 0 amide bonds. The van der Waals surface area contributed by atoms with Gasteiger partial charge >= 0.3 is 0 Å². The van der Waals surface area contributed by atoms with Crippen molar-refractivity contribution in [1.29, 1.82) is 0 Å². The first-order chi connectivity index (χ1) is 60.4. The van der Waals surface area contributed by atoms with Crippen molar-refractivity contribution in [3.05, 3.63) is 405 Å². The summed E-state index contributed by atoms with van der Waals surface area (Å²) in [4.78, 5) is 17.2. The second-order valence-corrected chi connectivity index (χ2v) is 32.6. The van der Waals surface area contributed by atoms with Crippen LogP contribution in [0.25, 0.3) is 246 Å². The second kappa shape index (κ2) is 26.4. The van der Waals surface area contributed by atoms with Gasteiger partial charge in [-0.15, -0.1) is 0 Å². The van der Waals surface area contributed by atoms with Crippen LogP contribution in [0.3, 0.4) is 0 Å². The SMILES string of the molecule is NC1C=CC=C/C1=C(/N=Cn1c2ccccc2c2c3c4ccccc4c(-c4ccc5oc6ccccc6c5c4)cc3c3ccccc3c21)c1ccc2cc(-c3ccc4c5c6c7ccccc7c(-c7ccc8c(c7)c7ccccc7n8-c7ccccc7)cc6c6ccccc6c5n(-c5nc(-c6ccc7ccccc7c6)c6ccccc6n5)c4c3)ccc2c1. The molecular formula is C114H69N7O. The Labute approximate surface area is 698 Å². The van der Waals surface area contributed by atoms with Gasteiger partial charge in [0.2, 0.25) is 5.95 Å². The van der Waals surface area contributed by atoms with E-state index < -0.39 is 6.04 Å². The minimum Gasteiger partial charge on any atom is -0.456 e. The molecule has 0 spiro atoms. The summed E-state index contributed by atoms with van der Waals surface area (Å²) >= 11 is 0. The molecule has 1 aliphatic rings. The minimum absolute atomic E-state index is 0.397. The summed E-state index contributed by atoms with van der Waals surface area (Å²) in [5, 5.41) is 28.7. The van der Waals surface area contributed by atoms with E-state index in [1.807, 2.05) is 24.5 Å². The van der Waals surface area contributed by atoms with Gasteiger partial charge in [-0.3, -0.25) is 9.13 Å². The number of nitrogens with zero attached hydrogens (tertiary/aromatic N) is 6. The molecule has 566 valence electrons. The second-order valence-electron chi connectivity index (χ2n) is 32.6. The molecule has 25 aromatic rings. The number of allylic oxidation sites excluding steroid dienone is 2. The highest BCUT2D eigenvalue weighted by Gasteiger charge is 2.28. The first-order valence-electron chi connectivity index (χ1n) is 41.8. The Hall–Kier alpha value is -16.1. The highest BCUT2D eigenvalue weighted by atomic mass is 16.3. The number of fused-ring (bicyclic) bond motifs is 29. The van der Waals surface area contributed by atoms with Crippen molar-refractivity contribution < 1.29 is 4.42 Å². The van der Waals surface area contributed by atoms with Gasteiger partial charge in [-0.25, -0.2) is 15.0 Å². The van der Waals surface area contributed by atoms with E-state index >= 15 is 0 Å². The zero-order valence-corrected chi connectivity index (χ0v) is 65.9. The number of aliphatic imine (C=N–C) groups is 1. The van der Waals surface area contributed by atoms with Gasteiger partial charge in [-0.1, -0.05) is 297 Å². The van der Waals surface area contributed by atoms with E-state index in [0.717, 1.165) is 165 Å². The Kier molecular flexibility index (Phi) is 14.7. The van der Waals surface area contributed by atoms with E-state index in [1.165, 1.54) is 86.8 Å². The molecule has 1 aliphatic carbocycles. The average molecular weight is 1550 g/mol. The van der Waals surface area contributed by atoms with Gasteiger partial charge in [-0.2, -0.15) is 0 Å². The topological polar surface area (TPSA) is 92.1 Å². The summed E-state index contributed by atoms with van der Waals surface area (Å²) in [6, 6.07) is 135. The first-order valence-corrected chi connectivity index (χ1v) is 41.8. The molecule has 20 aromatic carbocycles. The Balaban J connectivity index is 0.647. The molecule has 5 aromatic heterocycles. The Morgan fingerprint density at radius 3 is 1.61 bits per heavy atom. The molecule has 0 radical (unpaired) electrons. The molecule has 8 nitrogen and oxygen atoms in total. The highest BCUT2D eigenvalue weighted by Crippen LogP contribution is 2.51. The van der Waals surface area contributed by atoms with Crippen LogP contribution in [0.5, 0.6) is 0 Å². The van der Waals surface area contributed by atoms with Crippen LogP contribution in [0.15, 0.2) is 409 Å². The number of aromatic nitrogens is 5. The van der Waals surface area contributed by atoms with Gasteiger partial charge in [0.05, 0.1) is 56.0 Å². The van der Waals surface area contributed by atoms with Crippen LogP contribution >= 0.6 is 0 Å². The molecule has 1 atom stereocenters. The monoisotopic (exact) mass is 1550 g/mol. The standard InChI is InChI=1S/C114H69N7O/c115-98-41-19-14-38-88(98)110(116-66-119-100-43-21-17-40-90(100)108-106-84-34-10-6-28-78(84)93(65-96(106)80-30-8-12-36-86(80)112(108)119)74-54-57-105-95(62-74)83-33-18-23-45-104(83)122-105)75-51-49-69-58-70(47-48-71(69)60-75)72-52-55-91-103(63-72)121(114-117-99-42-20-15-39-89(99)111(118-114)76-50-46-67-24-4-5-25-68(67)59-76)113-87-37-13-9-31-81(87)97-64-92(79-29-7-11-35-85(79)107(97)109(91)113)73-53-56-102-94(61-73)82-32-16-22-44-101(82)120(102)77-26-2-1-3-27-77/h1-66,98H,115H2/b110-88-,116-66?. The molecule has 0 fully saturated rings. The molecule has 2 N–H and O–H groups in total. The van der Waals surface area contributed by atoms with Crippen molar-refractivity contribution in [3.8, 4) is 56.3 Å². The summed E-state index contributed by atoms with van der Waals surface area (Å²) in [5.41, 5.74) is 28.9. The smallest absolute Gasteiger partial charge is 0.235 e. The van der Waals surface area contributed by atoms with Crippen LogP contribution in [0, 0.1) is 0 Å². The third-order valence-corrected chi connectivity index (χ3v) is 26.0. The largest absolute Gasteiger partial charge is 0.456 e. The van der Waals surface area contributed by atoms with Gasteiger partial charge in [-0.05, 0) is 201 Å². The van der Waals surface area contributed by atoms with Crippen LogP contribution < -0.4 is 5.73 Å². The molecule has 0 aliphatic heterocycles. The van der Waals surface area contributed by atoms with Crippen LogP contribution in [0.1, 0.15) is 5.56 Å². The molecule has 0 saturated heterocycles. The molecule has 5 heterocycles. The van der Waals surface area contributed by atoms with E-state index in [2.05, 4.69) is 390 Å². The quantitative estimate of drug-likeness (QED) is 0.0885. The molecule has 0 bridgehead atoms. The molecule has 26 rings (SSSR count). The van der Waals surface area contributed by atoms with E-state index in [0.29, 0.717) is 5.95 Å². The number of hydrogen-bond donors (Lipinski definition) is 1. The summed E-state index contributed by atoms with van der Waals surface area (Å²) < 4.78 is 13.4. The Bertz CT molecular complexity index is 9060. The molecule has 122 heavy (non-hydrogen) atoms. The zero-order valence-electron chi connectivity index (χ0n) is 65.9. The number of rotatable bonds is 9. The van der Waals surface area contributed by atoms with Gasteiger partial charge in [0.1, 0.15) is 17.5 Å². The van der Waals surface area contributed by atoms with Gasteiger partial charge in [0, 0.05) is 86.8 Å². The molecular weight excluding hydrogens is 1480 g/mol. The third kappa shape index (κ3) is 10.2. The zero-order chi connectivity index (χ0) is 79.9. The van der Waals surface area contributed by atoms with Crippen molar-refractivity contribution >= 4 is 196 Å². The number of nitrogens with two attached hydrogens (primary N) is 1. The predicted molar refractivity (Wildman–Crippen MR) is 514 cm³/mol. The first kappa shape index (κ1) is 68.0. The van der Waals surface area contributed by atoms with E-state index in [1.54, 1.807) is 0 Å². The molecule has 1 unspecified atom stereocenters. The average Bonchev–Trinajstić information content (AvgIpc) is 1.58. The number of para-hydroxylation sites is 5. The molecule has 0 saturated carbocycles. The van der Waals surface area contributed by atoms with Crippen LogP contribution in [-0.4, -0.2) is 36.0 Å². The van der Waals surface area contributed by atoms with Crippen LogP contribution in [0.4, 0.5) is 0 Å². The fourth-order valence-corrected chi connectivity index (χ4v) is 20.5. The lowest BCUT2D eigenvalue weighted by molar-refractivity contribution is 0.669. The third-order valence-electron chi connectivity index (χ3n) is 26.0. The maximum absolute atomic E-state index is 7.18. The van der Waals surface area contributed by atoms with Gasteiger partial charge < -0.3 is 14.7 Å². The lowest BCUT2D eigenvalue weighted by Gasteiger charge is -2.17. The van der Waals surface area contributed by atoms with Crippen LogP contribution in [-0.2, 0) is 0 Å². The predicted octanol–water partition coefficient (Wildman–Crippen LogP) is 29.5. The van der Waals surface area contributed by atoms with Crippen molar-refractivity contribution in [2.45, 2.75) is 6.04 Å². The number of hydrogen-bond acceptors (Lipinski definition) is 5.